The van der Waals surface area contributed by atoms with Crippen LogP contribution in [0.2, 0.25) is 0 Å². The van der Waals surface area contributed by atoms with Crippen LogP contribution >= 0.6 is 0 Å². The van der Waals surface area contributed by atoms with Gasteiger partial charge in [-0.3, -0.25) is 14.4 Å². The molecule has 3 atom stereocenters. The predicted molar refractivity (Wildman–Crippen MR) is 106 cm³/mol. The van der Waals surface area contributed by atoms with E-state index >= 15 is 0 Å². The summed E-state index contributed by atoms with van der Waals surface area (Å²) in [6, 6.07) is 4.13. The maximum atomic E-state index is 14.5. The van der Waals surface area contributed by atoms with Gasteiger partial charge in [0, 0.05) is 36.8 Å². The third kappa shape index (κ3) is 4.11. The molecule has 0 aromatic heterocycles. The second-order valence-electron chi connectivity index (χ2n) is 7.77. The van der Waals surface area contributed by atoms with Crippen molar-refractivity contribution in [1.82, 2.24) is 15.5 Å². The SMILES string of the molecule is O=C1NCCNc2cc(C(=O)N3C[C@@H](F)[C@@H](NC(=O)[C@H]4CC=CCC4)C3)ccc21. The molecule has 0 spiro atoms. The number of carbonyl (C=O) groups excluding carboxylic acids is 3. The number of nitrogens with one attached hydrogen (secondary N) is 3. The van der Waals surface area contributed by atoms with Gasteiger partial charge in [0.15, 0.2) is 0 Å². The summed E-state index contributed by atoms with van der Waals surface area (Å²) in [7, 11) is 0. The van der Waals surface area contributed by atoms with E-state index in [2.05, 4.69) is 22.0 Å². The number of fused-ring (bicyclic) bond motifs is 1. The number of carbonyl (C=O) groups is 3. The van der Waals surface area contributed by atoms with Gasteiger partial charge in [-0.25, -0.2) is 4.39 Å². The Kier molecular flexibility index (Phi) is 5.51. The Morgan fingerprint density at radius 3 is 2.76 bits per heavy atom. The maximum Gasteiger partial charge on any atom is 0.254 e. The van der Waals surface area contributed by atoms with E-state index in [9.17, 15) is 18.8 Å². The second kappa shape index (κ2) is 8.23. The van der Waals surface area contributed by atoms with E-state index in [0.717, 1.165) is 12.8 Å². The molecule has 0 saturated carbocycles. The van der Waals surface area contributed by atoms with Crippen molar-refractivity contribution < 1.29 is 18.8 Å². The lowest BCUT2D eigenvalue weighted by molar-refractivity contribution is -0.126. The van der Waals surface area contributed by atoms with Gasteiger partial charge in [0.05, 0.1) is 18.2 Å². The number of hydrogen-bond donors (Lipinski definition) is 3. The molecule has 3 amide bonds. The highest BCUT2D eigenvalue weighted by Crippen LogP contribution is 2.24. The van der Waals surface area contributed by atoms with Gasteiger partial charge >= 0.3 is 0 Å². The third-order valence-corrected chi connectivity index (χ3v) is 5.74. The molecule has 4 rings (SSSR count). The summed E-state index contributed by atoms with van der Waals surface area (Å²) in [5, 5.41) is 8.69. The summed E-state index contributed by atoms with van der Waals surface area (Å²) in [5.41, 5.74) is 1.47. The number of benzene rings is 1. The molecule has 3 aliphatic rings. The lowest BCUT2D eigenvalue weighted by atomic mass is 9.93. The third-order valence-electron chi connectivity index (χ3n) is 5.74. The predicted octanol–water partition coefficient (Wildman–Crippen LogP) is 1.48. The zero-order valence-electron chi connectivity index (χ0n) is 16.1. The van der Waals surface area contributed by atoms with Crippen LogP contribution in [0.4, 0.5) is 10.1 Å². The molecule has 8 heteroatoms. The highest BCUT2D eigenvalue weighted by Gasteiger charge is 2.37. The second-order valence-corrected chi connectivity index (χ2v) is 7.77. The zero-order valence-corrected chi connectivity index (χ0v) is 16.1. The van der Waals surface area contributed by atoms with E-state index in [1.165, 1.54) is 4.90 Å². The first kappa shape index (κ1) is 19.4. The van der Waals surface area contributed by atoms with Gasteiger partial charge in [-0.15, -0.1) is 0 Å². The standard InChI is InChI=1S/C21H25FN4O3/c22-16-11-26(12-18(16)25-19(27)13-4-2-1-3-5-13)21(29)14-6-7-15-17(10-14)23-8-9-24-20(15)28/h1-2,6-7,10,13,16,18,23H,3-5,8-9,11-12H2,(H,24,28)(H,25,27)/t13-,16+,18-/m0/s1. The average molecular weight is 400 g/mol. The summed E-state index contributed by atoms with van der Waals surface area (Å²) >= 11 is 0. The van der Waals surface area contributed by atoms with Crippen molar-refractivity contribution in [2.45, 2.75) is 31.5 Å². The Balaban J connectivity index is 1.42. The van der Waals surface area contributed by atoms with Gasteiger partial charge in [-0.05, 0) is 37.5 Å². The van der Waals surface area contributed by atoms with Gasteiger partial charge in [0.1, 0.15) is 6.17 Å². The van der Waals surface area contributed by atoms with Gasteiger partial charge < -0.3 is 20.9 Å². The number of anilines is 1. The van der Waals surface area contributed by atoms with E-state index in [1.54, 1.807) is 18.2 Å². The number of likely N-dealkylation sites (tertiary alicyclic amines) is 1. The normalized spacial score (nSPS) is 26.2. The molecule has 0 unspecified atom stereocenters. The van der Waals surface area contributed by atoms with Crippen LogP contribution in [0.15, 0.2) is 30.4 Å². The molecule has 1 saturated heterocycles. The molecule has 7 nitrogen and oxygen atoms in total. The Morgan fingerprint density at radius 2 is 1.97 bits per heavy atom. The van der Waals surface area contributed by atoms with Crippen molar-refractivity contribution in [3.8, 4) is 0 Å². The molecule has 154 valence electrons. The van der Waals surface area contributed by atoms with Crippen LogP contribution in [-0.2, 0) is 4.79 Å². The van der Waals surface area contributed by atoms with Crippen molar-refractivity contribution in [2.24, 2.45) is 5.92 Å². The fourth-order valence-electron chi connectivity index (χ4n) is 4.07. The molecule has 29 heavy (non-hydrogen) atoms. The molecule has 1 aliphatic carbocycles. The Hall–Kier alpha value is -2.90. The molecule has 1 fully saturated rings. The number of rotatable bonds is 3. The molecular weight excluding hydrogens is 375 g/mol. The quantitative estimate of drug-likeness (QED) is 0.671. The van der Waals surface area contributed by atoms with Crippen LogP contribution in [0.5, 0.6) is 0 Å². The molecule has 2 heterocycles. The number of nitrogens with zero attached hydrogens (tertiary/aromatic N) is 1. The molecule has 1 aromatic rings. The molecular formula is C21H25FN4O3. The van der Waals surface area contributed by atoms with Crippen molar-refractivity contribution >= 4 is 23.4 Å². The van der Waals surface area contributed by atoms with Gasteiger partial charge in [-0.2, -0.15) is 0 Å². The van der Waals surface area contributed by atoms with Crippen molar-refractivity contribution in [3.63, 3.8) is 0 Å². The number of halogens is 1. The summed E-state index contributed by atoms with van der Waals surface area (Å²) in [6.45, 7) is 1.15. The van der Waals surface area contributed by atoms with Crippen LogP contribution in [0.1, 0.15) is 40.0 Å². The zero-order chi connectivity index (χ0) is 20.4. The van der Waals surface area contributed by atoms with Gasteiger partial charge in [-0.1, -0.05) is 12.2 Å². The monoisotopic (exact) mass is 400 g/mol. The van der Waals surface area contributed by atoms with Gasteiger partial charge in [0.2, 0.25) is 5.91 Å². The summed E-state index contributed by atoms with van der Waals surface area (Å²) in [5.74, 6) is -0.760. The average Bonchev–Trinajstić information content (AvgIpc) is 3.00. The Morgan fingerprint density at radius 1 is 1.14 bits per heavy atom. The molecule has 2 aliphatic heterocycles. The molecule has 3 N–H and O–H groups in total. The maximum absolute atomic E-state index is 14.5. The van der Waals surface area contributed by atoms with Crippen molar-refractivity contribution in [2.75, 3.05) is 31.5 Å². The first-order valence-electron chi connectivity index (χ1n) is 10.1. The minimum atomic E-state index is -1.30. The highest BCUT2D eigenvalue weighted by atomic mass is 19.1. The fraction of sp³-hybridized carbons (Fsp3) is 0.476. The lowest BCUT2D eigenvalue weighted by Gasteiger charge is -2.21. The van der Waals surface area contributed by atoms with E-state index in [1.807, 2.05) is 6.08 Å². The van der Waals surface area contributed by atoms with Crippen LogP contribution in [0.25, 0.3) is 0 Å². The minimum Gasteiger partial charge on any atom is -0.383 e. The molecule has 1 aromatic carbocycles. The van der Waals surface area contributed by atoms with E-state index in [-0.39, 0.29) is 36.7 Å². The van der Waals surface area contributed by atoms with Gasteiger partial charge in [0.25, 0.3) is 11.8 Å². The highest BCUT2D eigenvalue weighted by molar-refractivity contribution is 6.03. The first-order valence-corrected chi connectivity index (χ1v) is 10.1. The van der Waals surface area contributed by atoms with Crippen LogP contribution < -0.4 is 16.0 Å². The van der Waals surface area contributed by atoms with Crippen molar-refractivity contribution in [3.05, 3.63) is 41.5 Å². The van der Waals surface area contributed by atoms with Crippen LogP contribution in [0, 0.1) is 5.92 Å². The van der Waals surface area contributed by atoms with Crippen LogP contribution in [0.3, 0.4) is 0 Å². The smallest absolute Gasteiger partial charge is 0.254 e. The van der Waals surface area contributed by atoms with E-state index in [0.29, 0.717) is 36.3 Å². The summed E-state index contributed by atoms with van der Waals surface area (Å²) in [4.78, 5) is 38.7. The number of amides is 3. The summed E-state index contributed by atoms with van der Waals surface area (Å²) in [6.07, 6.45) is 5.04. The van der Waals surface area contributed by atoms with E-state index in [4.69, 9.17) is 0 Å². The van der Waals surface area contributed by atoms with Crippen molar-refractivity contribution in [1.29, 1.82) is 0 Å². The Labute approximate surface area is 168 Å². The number of alkyl halides is 1. The Bertz CT molecular complexity index is 856. The van der Waals surface area contributed by atoms with Crippen LogP contribution in [-0.4, -0.2) is 61.0 Å². The fourth-order valence-corrected chi connectivity index (χ4v) is 4.07. The number of allylic oxidation sites excluding steroid dienone is 2. The molecule has 0 bridgehead atoms. The number of hydrogen-bond acceptors (Lipinski definition) is 4. The summed E-state index contributed by atoms with van der Waals surface area (Å²) < 4.78 is 14.5. The first-order chi connectivity index (χ1) is 14.0. The largest absolute Gasteiger partial charge is 0.383 e. The van der Waals surface area contributed by atoms with E-state index < -0.39 is 12.2 Å². The lowest BCUT2D eigenvalue weighted by Crippen LogP contribution is -2.44. The molecule has 0 radical (unpaired) electrons. The topological polar surface area (TPSA) is 90.5 Å². The minimum absolute atomic E-state index is 0.0562.